The van der Waals surface area contributed by atoms with Gasteiger partial charge in [0.2, 0.25) is 5.91 Å². The quantitative estimate of drug-likeness (QED) is 0.743. The minimum Gasteiger partial charge on any atom is -0.408 e. The van der Waals surface area contributed by atoms with Gasteiger partial charge in [-0.2, -0.15) is 0 Å². The van der Waals surface area contributed by atoms with E-state index >= 15 is 0 Å². The smallest absolute Gasteiger partial charge is 0.408 e. The number of morpholine rings is 1. The number of oxazole rings is 1. The fourth-order valence-electron chi connectivity index (χ4n) is 3.13. The van der Waals surface area contributed by atoms with Crippen molar-refractivity contribution >= 4 is 28.6 Å². The lowest BCUT2D eigenvalue weighted by Crippen LogP contribution is -2.43. The number of aromatic nitrogens is 1. The molecule has 0 aliphatic carbocycles. The van der Waals surface area contributed by atoms with Crippen molar-refractivity contribution in [3.05, 3.63) is 64.6 Å². The van der Waals surface area contributed by atoms with Crippen molar-refractivity contribution < 1.29 is 18.7 Å². The van der Waals surface area contributed by atoms with Crippen molar-refractivity contribution in [2.75, 3.05) is 31.6 Å². The van der Waals surface area contributed by atoms with Gasteiger partial charge in [-0.1, -0.05) is 18.2 Å². The highest BCUT2D eigenvalue weighted by Gasteiger charge is 2.20. The van der Waals surface area contributed by atoms with Crippen LogP contribution in [0.1, 0.15) is 10.4 Å². The third-order valence-corrected chi connectivity index (χ3v) is 4.62. The Morgan fingerprint density at radius 1 is 1.04 bits per heavy atom. The summed E-state index contributed by atoms with van der Waals surface area (Å²) in [4.78, 5) is 38.9. The van der Waals surface area contributed by atoms with Crippen molar-refractivity contribution in [2.45, 2.75) is 6.54 Å². The number of carbonyl (C=O) groups excluding carboxylic acids is 2. The Morgan fingerprint density at radius 3 is 2.54 bits per heavy atom. The molecule has 144 valence electrons. The molecule has 0 saturated carbocycles. The average Bonchev–Trinajstić information content (AvgIpc) is 3.04. The molecule has 0 atom stereocenters. The van der Waals surface area contributed by atoms with Crippen LogP contribution in [0.2, 0.25) is 0 Å². The molecule has 3 aromatic rings. The minimum atomic E-state index is -0.628. The van der Waals surface area contributed by atoms with Gasteiger partial charge in [-0.25, -0.2) is 4.79 Å². The molecule has 2 amide bonds. The van der Waals surface area contributed by atoms with E-state index in [1.54, 1.807) is 35.2 Å². The molecule has 1 aliphatic heterocycles. The maximum absolute atomic E-state index is 12.5. The van der Waals surface area contributed by atoms with Crippen molar-refractivity contribution in [2.24, 2.45) is 0 Å². The van der Waals surface area contributed by atoms with E-state index in [1.807, 2.05) is 18.2 Å². The molecule has 8 nitrogen and oxygen atoms in total. The molecule has 28 heavy (non-hydrogen) atoms. The second-order valence-corrected chi connectivity index (χ2v) is 6.45. The number of rotatable bonds is 4. The highest BCUT2D eigenvalue weighted by atomic mass is 16.5. The summed E-state index contributed by atoms with van der Waals surface area (Å²) in [5.41, 5.74) is 1.77. The van der Waals surface area contributed by atoms with Gasteiger partial charge >= 0.3 is 5.76 Å². The van der Waals surface area contributed by atoms with Crippen molar-refractivity contribution in [1.82, 2.24) is 9.47 Å². The number of para-hydroxylation sites is 1. The first kappa shape index (κ1) is 18.0. The summed E-state index contributed by atoms with van der Waals surface area (Å²) in [5.74, 6) is -1.13. The lowest BCUT2D eigenvalue weighted by Gasteiger charge is -2.26. The summed E-state index contributed by atoms with van der Waals surface area (Å²) in [6.07, 6.45) is 0. The van der Waals surface area contributed by atoms with Crippen LogP contribution in [0.15, 0.2) is 57.7 Å². The van der Waals surface area contributed by atoms with Gasteiger partial charge in [-0.15, -0.1) is 0 Å². The number of hydrogen-bond donors (Lipinski definition) is 1. The zero-order valence-electron chi connectivity index (χ0n) is 15.1. The lowest BCUT2D eigenvalue weighted by molar-refractivity contribution is -0.135. The Labute approximate surface area is 160 Å². The third-order valence-electron chi connectivity index (χ3n) is 4.62. The second kappa shape index (κ2) is 7.69. The van der Waals surface area contributed by atoms with Gasteiger partial charge < -0.3 is 19.4 Å². The number of fused-ring (bicyclic) bond motifs is 1. The molecular weight excluding hydrogens is 362 g/mol. The predicted octanol–water partition coefficient (Wildman–Crippen LogP) is 1.71. The van der Waals surface area contributed by atoms with E-state index in [4.69, 9.17) is 9.15 Å². The van der Waals surface area contributed by atoms with E-state index in [1.165, 1.54) is 4.57 Å². The summed E-state index contributed by atoms with van der Waals surface area (Å²) in [5, 5.41) is 2.80. The summed E-state index contributed by atoms with van der Waals surface area (Å²) in [6, 6.07) is 13.8. The Kier molecular flexibility index (Phi) is 4.94. The first-order valence-corrected chi connectivity index (χ1v) is 8.97. The lowest BCUT2D eigenvalue weighted by atomic mass is 10.2. The summed E-state index contributed by atoms with van der Waals surface area (Å²) < 4.78 is 11.7. The van der Waals surface area contributed by atoms with Crippen LogP contribution in [0.4, 0.5) is 5.69 Å². The number of hydrogen-bond acceptors (Lipinski definition) is 5. The Bertz CT molecular complexity index is 1060. The third kappa shape index (κ3) is 3.67. The van der Waals surface area contributed by atoms with Crippen LogP contribution in [-0.4, -0.2) is 47.6 Å². The van der Waals surface area contributed by atoms with Crippen LogP contribution in [0, 0.1) is 0 Å². The largest absolute Gasteiger partial charge is 0.420 e. The minimum absolute atomic E-state index is 0.143. The van der Waals surface area contributed by atoms with Gasteiger partial charge in [0.25, 0.3) is 5.91 Å². The van der Waals surface area contributed by atoms with Crippen molar-refractivity contribution in [1.29, 1.82) is 0 Å². The van der Waals surface area contributed by atoms with Crippen LogP contribution >= 0.6 is 0 Å². The normalized spacial score (nSPS) is 14.2. The number of amides is 2. The molecule has 1 N–H and O–H groups in total. The van der Waals surface area contributed by atoms with Crippen LogP contribution in [0.3, 0.4) is 0 Å². The van der Waals surface area contributed by atoms with Crippen LogP contribution in [-0.2, 0) is 16.1 Å². The van der Waals surface area contributed by atoms with E-state index in [2.05, 4.69) is 5.32 Å². The standard InChI is InChI=1S/C20H19N3O5/c24-18(22-8-10-27-11-9-22)13-23-16-12-14(6-7-17(16)28-20(23)26)19(25)21-15-4-2-1-3-5-15/h1-7,12H,8-11,13H2,(H,21,25). The molecule has 1 aromatic heterocycles. The molecule has 0 unspecified atom stereocenters. The molecule has 0 spiro atoms. The van der Waals surface area contributed by atoms with Gasteiger partial charge in [0.15, 0.2) is 5.58 Å². The first-order valence-electron chi connectivity index (χ1n) is 8.97. The van der Waals surface area contributed by atoms with Crippen LogP contribution in [0.5, 0.6) is 0 Å². The molecule has 4 rings (SSSR count). The van der Waals surface area contributed by atoms with E-state index in [9.17, 15) is 14.4 Å². The van der Waals surface area contributed by atoms with Gasteiger partial charge in [-0.05, 0) is 30.3 Å². The van der Waals surface area contributed by atoms with Crippen LogP contribution < -0.4 is 11.1 Å². The van der Waals surface area contributed by atoms with E-state index in [0.29, 0.717) is 48.7 Å². The SMILES string of the molecule is O=C(Nc1ccccc1)c1ccc2oc(=O)n(CC(=O)N3CCOCC3)c2c1. The Balaban J connectivity index is 1.59. The van der Waals surface area contributed by atoms with Crippen LogP contribution in [0.25, 0.3) is 11.1 Å². The number of anilines is 1. The van der Waals surface area contributed by atoms with Crippen molar-refractivity contribution in [3.8, 4) is 0 Å². The molecule has 0 radical (unpaired) electrons. The second-order valence-electron chi connectivity index (χ2n) is 6.45. The Morgan fingerprint density at radius 2 is 1.79 bits per heavy atom. The molecule has 2 aromatic carbocycles. The highest BCUT2D eigenvalue weighted by Crippen LogP contribution is 2.17. The van der Waals surface area contributed by atoms with E-state index in [0.717, 1.165) is 0 Å². The monoisotopic (exact) mass is 381 g/mol. The maximum Gasteiger partial charge on any atom is 0.420 e. The van der Waals surface area contributed by atoms with Gasteiger partial charge in [0.05, 0.1) is 18.7 Å². The topological polar surface area (TPSA) is 93.8 Å². The van der Waals surface area contributed by atoms with E-state index < -0.39 is 5.76 Å². The zero-order valence-corrected chi connectivity index (χ0v) is 15.1. The maximum atomic E-state index is 12.5. The first-order chi connectivity index (χ1) is 13.6. The number of nitrogens with zero attached hydrogens (tertiary/aromatic N) is 2. The molecule has 8 heteroatoms. The molecule has 1 aliphatic rings. The number of carbonyl (C=O) groups is 2. The van der Waals surface area contributed by atoms with E-state index in [-0.39, 0.29) is 18.4 Å². The van der Waals surface area contributed by atoms with Gasteiger partial charge in [0, 0.05) is 24.3 Å². The number of ether oxygens (including phenoxy) is 1. The van der Waals surface area contributed by atoms with Gasteiger partial charge in [0.1, 0.15) is 6.54 Å². The zero-order chi connectivity index (χ0) is 19.5. The number of nitrogens with one attached hydrogen (secondary N) is 1. The Hall–Kier alpha value is -3.39. The summed E-state index contributed by atoms with van der Waals surface area (Å²) in [7, 11) is 0. The molecule has 0 bridgehead atoms. The fraction of sp³-hybridized carbons (Fsp3) is 0.250. The predicted molar refractivity (Wildman–Crippen MR) is 102 cm³/mol. The highest BCUT2D eigenvalue weighted by molar-refractivity contribution is 6.05. The van der Waals surface area contributed by atoms with Crippen molar-refractivity contribution in [3.63, 3.8) is 0 Å². The molecule has 2 heterocycles. The summed E-state index contributed by atoms with van der Waals surface area (Å²) >= 11 is 0. The molecular formula is C20H19N3O5. The molecule has 1 saturated heterocycles. The fourth-order valence-corrected chi connectivity index (χ4v) is 3.13. The number of benzene rings is 2. The molecule has 1 fully saturated rings. The average molecular weight is 381 g/mol. The van der Waals surface area contributed by atoms with Gasteiger partial charge in [-0.3, -0.25) is 14.2 Å². The summed E-state index contributed by atoms with van der Waals surface area (Å²) in [6.45, 7) is 1.81.